The smallest absolute Gasteiger partial charge is 0.328 e. The molecule has 96 valence electrons. The Labute approximate surface area is 102 Å². The summed E-state index contributed by atoms with van der Waals surface area (Å²) in [5.74, 6) is -0.579. The number of amides is 1. The standard InChI is InChI=1S/C13H21NO3/c1-14(12(15)7-8-13(16)17)10-9-11-5-3-2-4-6-11/h7-8,11H,2-6,9-10H2,1H3,(H,16,17)/b8-7+. The van der Waals surface area contributed by atoms with Crippen LogP contribution in [0.1, 0.15) is 38.5 Å². The molecule has 1 fully saturated rings. The maximum atomic E-state index is 11.5. The van der Waals surface area contributed by atoms with E-state index in [0.717, 1.165) is 24.5 Å². The van der Waals surface area contributed by atoms with E-state index in [1.165, 1.54) is 32.1 Å². The maximum Gasteiger partial charge on any atom is 0.328 e. The van der Waals surface area contributed by atoms with Crippen molar-refractivity contribution in [2.75, 3.05) is 13.6 Å². The molecule has 4 heteroatoms. The van der Waals surface area contributed by atoms with E-state index in [0.29, 0.717) is 6.54 Å². The van der Waals surface area contributed by atoms with Gasteiger partial charge in [0.15, 0.2) is 0 Å². The zero-order valence-corrected chi connectivity index (χ0v) is 10.4. The van der Waals surface area contributed by atoms with Gasteiger partial charge in [0.05, 0.1) is 0 Å². The van der Waals surface area contributed by atoms with Crippen LogP contribution >= 0.6 is 0 Å². The Balaban J connectivity index is 2.25. The van der Waals surface area contributed by atoms with Crippen LogP contribution in [0.2, 0.25) is 0 Å². The summed E-state index contributed by atoms with van der Waals surface area (Å²) in [6, 6.07) is 0. The molecule has 1 amide bonds. The molecule has 0 bridgehead atoms. The van der Waals surface area contributed by atoms with Crippen molar-refractivity contribution in [3.05, 3.63) is 12.2 Å². The van der Waals surface area contributed by atoms with Crippen LogP contribution in [0.25, 0.3) is 0 Å². The Morgan fingerprint density at radius 3 is 2.47 bits per heavy atom. The van der Waals surface area contributed by atoms with Gasteiger partial charge in [-0.2, -0.15) is 0 Å². The van der Waals surface area contributed by atoms with Crippen molar-refractivity contribution < 1.29 is 14.7 Å². The average molecular weight is 239 g/mol. The highest BCUT2D eigenvalue weighted by Crippen LogP contribution is 2.26. The summed E-state index contributed by atoms with van der Waals surface area (Å²) >= 11 is 0. The van der Waals surface area contributed by atoms with Crippen LogP contribution in [0.3, 0.4) is 0 Å². The SMILES string of the molecule is CN(CCC1CCCCC1)C(=O)/C=C/C(=O)O. The van der Waals surface area contributed by atoms with Gasteiger partial charge in [-0.05, 0) is 12.3 Å². The fraction of sp³-hybridized carbons (Fsp3) is 0.692. The molecule has 1 saturated carbocycles. The minimum absolute atomic E-state index is 0.233. The third kappa shape index (κ3) is 5.52. The molecule has 1 N–H and O–H groups in total. The van der Waals surface area contributed by atoms with Gasteiger partial charge >= 0.3 is 5.97 Å². The normalized spacial score (nSPS) is 17.2. The number of carboxylic acid groups (broad SMARTS) is 1. The summed E-state index contributed by atoms with van der Waals surface area (Å²) in [4.78, 5) is 23.4. The molecule has 0 atom stereocenters. The van der Waals surface area contributed by atoms with Crippen LogP contribution in [0.15, 0.2) is 12.2 Å². The van der Waals surface area contributed by atoms with Crippen molar-refractivity contribution in [1.29, 1.82) is 0 Å². The highest BCUT2D eigenvalue weighted by molar-refractivity contribution is 5.93. The molecule has 0 saturated heterocycles. The molecule has 1 aliphatic rings. The molecule has 17 heavy (non-hydrogen) atoms. The van der Waals surface area contributed by atoms with Gasteiger partial charge in [-0.3, -0.25) is 4.79 Å². The first-order chi connectivity index (χ1) is 8.09. The van der Waals surface area contributed by atoms with E-state index >= 15 is 0 Å². The first-order valence-electron chi connectivity index (χ1n) is 6.25. The first-order valence-corrected chi connectivity index (χ1v) is 6.25. The summed E-state index contributed by atoms with van der Waals surface area (Å²) in [6.45, 7) is 0.716. The van der Waals surface area contributed by atoms with Crippen molar-refractivity contribution >= 4 is 11.9 Å². The Kier molecular flexibility index (Phi) is 5.73. The minimum atomic E-state index is -1.08. The predicted molar refractivity (Wildman–Crippen MR) is 65.6 cm³/mol. The molecule has 1 aliphatic carbocycles. The van der Waals surface area contributed by atoms with E-state index < -0.39 is 5.97 Å². The fourth-order valence-corrected chi connectivity index (χ4v) is 2.23. The molecule has 0 radical (unpaired) electrons. The van der Waals surface area contributed by atoms with Crippen LogP contribution in [0.5, 0.6) is 0 Å². The number of rotatable bonds is 5. The zero-order valence-electron chi connectivity index (χ0n) is 10.4. The molecular formula is C13H21NO3. The highest BCUT2D eigenvalue weighted by Gasteiger charge is 2.14. The van der Waals surface area contributed by atoms with Crippen LogP contribution < -0.4 is 0 Å². The van der Waals surface area contributed by atoms with E-state index in [1.807, 2.05) is 0 Å². The number of hydrogen-bond donors (Lipinski definition) is 1. The Morgan fingerprint density at radius 1 is 1.24 bits per heavy atom. The lowest BCUT2D eigenvalue weighted by Gasteiger charge is -2.24. The van der Waals surface area contributed by atoms with Gasteiger partial charge in [0.25, 0.3) is 0 Å². The van der Waals surface area contributed by atoms with Crippen LogP contribution in [0, 0.1) is 5.92 Å². The number of likely N-dealkylation sites (N-methyl/N-ethyl adjacent to an activating group) is 1. The van der Waals surface area contributed by atoms with E-state index in [2.05, 4.69) is 0 Å². The molecule has 1 rings (SSSR count). The Hall–Kier alpha value is -1.32. The number of carboxylic acids is 1. The molecule has 0 aromatic carbocycles. The molecule has 4 nitrogen and oxygen atoms in total. The number of nitrogens with zero attached hydrogens (tertiary/aromatic N) is 1. The summed E-state index contributed by atoms with van der Waals surface area (Å²) in [6.07, 6.45) is 9.53. The molecule has 0 aliphatic heterocycles. The van der Waals surface area contributed by atoms with Gasteiger partial charge < -0.3 is 10.0 Å². The van der Waals surface area contributed by atoms with Crippen molar-refractivity contribution in [3.63, 3.8) is 0 Å². The lowest BCUT2D eigenvalue weighted by molar-refractivity contribution is -0.132. The van der Waals surface area contributed by atoms with Gasteiger partial charge in [-0.15, -0.1) is 0 Å². The van der Waals surface area contributed by atoms with E-state index in [1.54, 1.807) is 11.9 Å². The molecule has 0 spiro atoms. The summed E-state index contributed by atoms with van der Waals surface area (Å²) in [5, 5.41) is 8.42. The summed E-state index contributed by atoms with van der Waals surface area (Å²) < 4.78 is 0. The van der Waals surface area contributed by atoms with E-state index in [4.69, 9.17) is 5.11 Å². The number of carbonyl (C=O) groups excluding carboxylic acids is 1. The summed E-state index contributed by atoms with van der Waals surface area (Å²) in [7, 11) is 1.72. The molecule has 0 aromatic heterocycles. The third-order valence-electron chi connectivity index (χ3n) is 3.34. The zero-order chi connectivity index (χ0) is 12.7. The third-order valence-corrected chi connectivity index (χ3v) is 3.34. The van der Waals surface area contributed by atoms with Gasteiger partial charge in [0, 0.05) is 25.7 Å². The van der Waals surface area contributed by atoms with Crippen molar-refractivity contribution in [1.82, 2.24) is 4.90 Å². The second-order valence-corrected chi connectivity index (χ2v) is 4.72. The van der Waals surface area contributed by atoms with Crippen LogP contribution in [-0.2, 0) is 9.59 Å². The number of hydrogen-bond acceptors (Lipinski definition) is 2. The molecule has 0 unspecified atom stereocenters. The van der Waals surface area contributed by atoms with E-state index in [-0.39, 0.29) is 5.91 Å². The highest BCUT2D eigenvalue weighted by atomic mass is 16.4. The Bertz CT molecular complexity index is 293. The molecular weight excluding hydrogens is 218 g/mol. The lowest BCUT2D eigenvalue weighted by Crippen LogP contribution is -2.27. The van der Waals surface area contributed by atoms with Gasteiger partial charge in [-0.25, -0.2) is 4.79 Å². The summed E-state index contributed by atoms with van der Waals surface area (Å²) in [5.41, 5.74) is 0. The van der Waals surface area contributed by atoms with Crippen molar-refractivity contribution in [2.24, 2.45) is 5.92 Å². The van der Waals surface area contributed by atoms with Gasteiger partial charge in [0.1, 0.15) is 0 Å². The number of carbonyl (C=O) groups is 2. The van der Waals surface area contributed by atoms with Crippen molar-refractivity contribution in [3.8, 4) is 0 Å². The topological polar surface area (TPSA) is 57.6 Å². The average Bonchev–Trinajstić information content (AvgIpc) is 2.34. The predicted octanol–water partition coefficient (Wildman–Crippen LogP) is 2.06. The van der Waals surface area contributed by atoms with Crippen molar-refractivity contribution in [2.45, 2.75) is 38.5 Å². The second kappa shape index (κ2) is 7.09. The van der Waals surface area contributed by atoms with Gasteiger partial charge in [-0.1, -0.05) is 32.1 Å². The Morgan fingerprint density at radius 2 is 1.88 bits per heavy atom. The number of aliphatic carboxylic acids is 1. The minimum Gasteiger partial charge on any atom is -0.478 e. The molecule has 0 heterocycles. The maximum absolute atomic E-state index is 11.5. The van der Waals surface area contributed by atoms with Crippen LogP contribution in [-0.4, -0.2) is 35.5 Å². The second-order valence-electron chi connectivity index (χ2n) is 4.72. The van der Waals surface area contributed by atoms with Crippen LogP contribution in [0.4, 0.5) is 0 Å². The quantitative estimate of drug-likeness (QED) is 0.747. The first kappa shape index (κ1) is 13.7. The monoisotopic (exact) mass is 239 g/mol. The molecule has 0 aromatic rings. The fourth-order valence-electron chi connectivity index (χ4n) is 2.23. The lowest BCUT2D eigenvalue weighted by atomic mass is 9.87. The largest absolute Gasteiger partial charge is 0.478 e. The van der Waals surface area contributed by atoms with Gasteiger partial charge in [0.2, 0.25) is 5.91 Å². The van der Waals surface area contributed by atoms with E-state index in [9.17, 15) is 9.59 Å².